The van der Waals surface area contributed by atoms with Crippen molar-refractivity contribution >= 4 is 5.96 Å². The Balaban J connectivity index is 1.61. The largest absolute Gasteiger partial charge is 0.377 e. The smallest absolute Gasteiger partial charge is 0.191 e. The lowest BCUT2D eigenvalue weighted by molar-refractivity contribution is 0.153. The number of ether oxygens (including phenoxy) is 1. The summed E-state index contributed by atoms with van der Waals surface area (Å²) in [6, 6.07) is 0. The van der Waals surface area contributed by atoms with E-state index >= 15 is 0 Å². The fourth-order valence-electron chi connectivity index (χ4n) is 3.52. The van der Waals surface area contributed by atoms with E-state index in [1.54, 1.807) is 0 Å². The van der Waals surface area contributed by atoms with Gasteiger partial charge >= 0.3 is 0 Å². The van der Waals surface area contributed by atoms with Crippen LogP contribution in [0.15, 0.2) is 16.6 Å². The quantitative estimate of drug-likeness (QED) is 0.310. The van der Waals surface area contributed by atoms with Crippen molar-refractivity contribution in [2.45, 2.75) is 64.7 Å². The van der Waals surface area contributed by atoms with E-state index in [1.807, 2.05) is 0 Å². The van der Waals surface area contributed by atoms with Gasteiger partial charge in [0.15, 0.2) is 5.96 Å². The molecular formula is C19H35N3O. The topological polar surface area (TPSA) is 45.7 Å². The predicted octanol–water partition coefficient (Wildman–Crippen LogP) is 3.64. The fraction of sp³-hybridized carbons (Fsp3) is 0.842. The number of guanidine groups is 1. The summed E-state index contributed by atoms with van der Waals surface area (Å²) in [5, 5.41) is 6.82. The first-order chi connectivity index (χ1) is 11.4. The van der Waals surface area contributed by atoms with Crippen molar-refractivity contribution < 1.29 is 4.74 Å². The molecule has 4 heteroatoms. The zero-order chi connectivity index (χ0) is 16.2. The van der Waals surface area contributed by atoms with Crippen molar-refractivity contribution in [3.8, 4) is 0 Å². The number of nitrogens with one attached hydrogen (secondary N) is 2. The highest BCUT2D eigenvalue weighted by molar-refractivity contribution is 5.79. The second kappa shape index (κ2) is 11.5. The van der Waals surface area contributed by atoms with E-state index in [9.17, 15) is 0 Å². The highest BCUT2D eigenvalue weighted by Gasteiger charge is 2.12. The third kappa shape index (κ3) is 7.87. The van der Waals surface area contributed by atoms with Crippen LogP contribution in [0.2, 0.25) is 0 Å². The molecule has 0 aromatic carbocycles. The predicted molar refractivity (Wildman–Crippen MR) is 97.9 cm³/mol. The summed E-state index contributed by atoms with van der Waals surface area (Å²) in [6.45, 7) is 6.61. The van der Waals surface area contributed by atoms with Crippen molar-refractivity contribution in [3.63, 3.8) is 0 Å². The minimum absolute atomic E-state index is 0.782. The fourth-order valence-corrected chi connectivity index (χ4v) is 3.52. The summed E-state index contributed by atoms with van der Waals surface area (Å²) in [7, 11) is 0. The van der Waals surface area contributed by atoms with Crippen LogP contribution in [0.1, 0.15) is 64.7 Å². The Hall–Kier alpha value is -1.03. The molecule has 0 amide bonds. The zero-order valence-electron chi connectivity index (χ0n) is 14.9. The maximum atomic E-state index is 5.35. The van der Waals surface area contributed by atoms with Gasteiger partial charge in [0.25, 0.3) is 0 Å². The number of rotatable bonds is 8. The minimum Gasteiger partial charge on any atom is -0.377 e. The van der Waals surface area contributed by atoms with Crippen molar-refractivity contribution in [1.82, 2.24) is 10.6 Å². The van der Waals surface area contributed by atoms with Crippen LogP contribution < -0.4 is 10.6 Å². The normalized spacial score (nSPS) is 20.2. The molecule has 1 aliphatic heterocycles. The molecule has 0 radical (unpaired) electrons. The van der Waals surface area contributed by atoms with Crippen LogP contribution in [0.5, 0.6) is 0 Å². The second-order valence-electron chi connectivity index (χ2n) is 6.77. The van der Waals surface area contributed by atoms with E-state index in [4.69, 9.17) is 9.73 Å². The van der Waals surface area contributed by atoms with Gasteiger partial charge < -0.3 is 15.4 Å². The highest BCUT2D eigenvalue weighted by Crippen LogP contribution is 2.27. The number of hydrogen-bond donors (Lipinski definition) is 2. The Morgan fingerprint density at radius 2 is 2.13 bits per heavy atom. The van der Waals surface area contributed by atoms with Crippen LogP contribution in [0.3, 0.4) is 0 Å². The Morgan fingerprint density at radius 1 is 1.26 bits per heavy atom. The van der Waals surface area contributed by atoms with Crippen LogP contribution in [0, 0.1) is 5.92 Å². The standard InChI is InChI=1S/C19H35N3O/c1-2-20-19(22-14-10-18-11-15-23-16-12-18)21-13-6-9-17-7-4-3-5-8-17/h11,17H,2-10,12-16H2,1H3,(H2,20,21,22). The van der Waals surface area contributed by atoms with Crippen molar-refractivity contribution in [3.05, 3.63) is 11.6 Å². The third-order valence-electron chi connectivity index (χ3n) is 4.91. The van der Waals surface area contributed by atoms with E-state index in [2.05, 4.69) is 23.6 Å². The molecule has 0 atom stereocenters. The molecule has 0 spiro atoms. The van der Waals surface area contributed by atoms with Crippen molar-refractivity contribution in [2.24, 2.45) is 10.9 Å². The number of hydrogen-bond acceptors (Lipinski definition) is 2. The minimum atomic E-state index is 0.782. The van der Waals surface area contributed by atoms with Gasteiger partial charge in [-0.2, -0.15) is 0 Å². The molecule has 2 aliphatic rings. The van der Waals surface area contributed by atoms with E-state index in [0.717, 1.165) is 57.6 Å². The van der Waals surface area contributed by atoms with Gasteiger partial charge in [-0.1, -0.05) is 43.8 Å². The molecule has 1 heterocycles. The Kier molecular flexibility index (Phi) is 9.15. The number of aliphatic imine (C=N–C) groups is 1. The van der Waals surface area contributed by atoms with Gasteiger partial charge in [-0.25, -0.2) is 0 Å². The van der Waals surface area contributed by atoms with Crippen LogP contribution >= 0.6 is 0 Å². The van der Waals surface area contributed by atoms with Gasteiger partial charge in [-0.3, -0.25) is 4.99 Å². The molecule has 1 fully saturated rings. The average molecular weight is 322 g/mol. The van der Waals surface area contributed by atoms with Crippen LogP contribution in [-0.2, 0) is 4.74 Å². The van der Waals surface area contributed by atoms with Crippen molar-refractivity contribution in [2.75, 3.05) is 32.8 Å². The lowest BCUT2D eigenvalue weighted by Gasteiger charge is -2.21. The molecule has 0 bridgehead atoms. The summed E-state index contributed by atoms with van der Waals surface area (Å²) in [5.74, 6) is 1.94. The van der Waals surface area contributed by atoms with Gasteiger partial charge in [0.05, 0.1) is 13.2 Å². The van der Waals surface area contributed by atoms with Gasteiger partial charge in [-0.05, 0) is 38.5 Å². The van der Waals surface area contributed by atoms with Gasteiger partial charge in [0, 0.05) is 19.6 Å². The Labute approximate surface area is 142 Å². The number of nitrogens with zero attached hydrogens (tertiary/aromatic N) is 1. The monoisotopic (exact) mass is 321 g/mol. The maximum absolute atomic E-state index is 5.35. The lowest BCUT2D eigenvalue weighted by Crippen LogP contribution is -2.38. The van der Waals surface area contributed by atoms with E-state index in [1.165, 1.54) is 50.5 Å². The van der Waals surface area contributed by atoms with Crippen LogP contribution in [0.4, 0.5) is 0 Å². The molecule has 0 saturated heterocycles. The van der Waals surface area contributed by atoms with Gasteiger partial charge in [0.2, 0.25) is 0 Å². The van der Waals surface area contributed by atoms with Crippen LogP contribution in [-0.4, -0.2) is 38.8 Å². The summed E-state index contributed by atoms with van der Waals surface area (Å²) >= 11 is 0. The van der Waals surface area contributed by atoms with Gasteiger partial charge in [0.1, 0.15) is 0 Å². The molecule has 2 rings (SSSR count). The first kappa shape index (κ1) is 18.3. The molecule has 1 saturated carbocycles. The Bertz CT molecular complexity index is 373. The molecule has 1 aliphatic carbocycles. The molecule has 0 unspecified atom stereocenters. The van der Waals surface area contributed by atoms with E-state index < -0.39 is 0 Å². The average Bonchev–Trinajstić information content (AvgIpc) is 2.60. The maximum Gasteiger partial charge on any atom is 0.191 e. The highest BCUT2D eigenvalue weighted by atomic mass is 16.5. The summed E-state index contributed by atoms with van der Waals surface area (Å²) in [5.41, 5.74) is 1.51. The van der Waals surface area contributed by atoms with Crippen molar-refractivity contribution in [1.29, 1.82) is 0 Å². The zero-order valence-corrected chi connectivity index (χ0v) is 14.9. The summed E-state index contributed by atoms with van der Waals surface area (Å²) in [6.07, 6.45) is 14.2. The summed E-state index contributed by atoms with van der Waals surface area (Å²) < 4.78 is 5.35. The Morgan fingerprint density at radius 3 is 2.87 bits per heavy atom. The van der Waals surface area contributed by atoms with Gasteiger partial charge in [-0.15, -0.1) is 0 Å². The SMILES string of the molecule is CCNC(=NCCCC1CCCCC1)NCCC1=CCOCC1. The molecule has 23 heavy (non-hydrogen) atoms. The summed E-state index contributed by atoms with van der Waals surface area (Å²) in [4.78, 5) is 4.73. The molecule has 4 nitrogen and oxygen atoms in total. The van der Waals surface area contributed by atoms with Crippen LogP contribution in [0.25, 0.3) is 0 Å². The molecule has 0 aromatic rings. The first-order valence-corrected chi connectivity index (χ1v) is 9.66. The van der Waals surface area contributed by atoms with E-state index in [-0.39, 0.29) is 0 Å². The molecular weight excluding hydrogens is 286 g/mol. The van der Waals surface area contributed by atoms with E-state index in [0.29, 0.717) is 0 Å². The molecule has 132 valence electrons. The lowest BCUT2D eigenvalue weighted by atomic mass is 9.86. The second-order valence-corrected chi connectivity index (χ2v) is 6.77. The molecule has 2 N–H and O–H groups in total. The molecule has 0 aromatic heterocycles. The third-order valence-corrected chi connectivity index (χ3v) is 4.91. The first-order valence-electron chi connectivity index (χ1n) is 9.66.